The maximum Gasteiger partial charge on any atom is 0.449 e. The molecule has 14 heteroatoms. The lowest BCUT2D eigenvalue weighted by Crippen LogP contribution is -2.41. The van der Waals surface area contributed by atoms with Crippen LogP contribution < -0.4 is 15.4 Å². The first-order valence-corrected chi connectivity index (χ1v) is 8.98. The Hall–Kier alpha value is -2.38. The second-order valence-corrected chi connectivity index (χ2v) is 6.80. The molecule has 0 fully saturated rings. The van der Waals surface area contributed by atoms with Gasteiger partial charge in [0, 0.05) is 19.2 Å². The van der Waals surface area contributed by atoms with Crippen LogP contribution in [0.4, 0.5) is 17.6 Å². The van der Waals surface area contributed by atoms with Gasteiger partial charge in [-0.3, -0.25) is 9.36 Å². The number of aromatic nitrogens is 2. The van der Waals surface area contributed by atoms with Crippen LogP contribution in [0.15, 0.2) is 27.8 Å². The Morgan fingerprint density at radius 2 is 1.79 bits per heavy atom. The van der Waals surface area contributed by atoms with E-state index < -0.39 is 55.8 Å². The van der Waals surface area contributed by atoms with Crippen LogP contribution in [0.25, 0.3) is 5.69 Å². The first-order valence-electron chi connectivity index (χ1n) is 7.27. The Balaban J connectivity index is 2.73. The van der Waals surface area contributed by atoms with E-state index >= 15 is 0 Å². The number of rotatable bonds is 5. The lowest BCUT2D eigenvalue weighted by molar-refractivity contribution is -0.144. The van der Waals surface area contributed by atoms with Gasteiger partial charge in [-0.2, -0.15) is 21.6 Å². The minimum Gasteiger partial charge on any atom is -0.360 e. The quantitative estimate of drug-likeness (QED) is 0.652. The van der Waals surface area contributed by atoms with Crippen LogP contribution >= 0.6 is 11.6 Å². The summed E-state index contributed by atoms with van der Waals surface area (Å²) in [6.07, 6.45) is -5.01. The highest BCUT2D eigenvalue weighted by Gasteiger charge is 2.35. The van der Waals surface area contributed by atoms with Gasteiger partial charge in [0.2, 0.25) is 0 Å². The second-order valence-electron chi connectivity index (χ2n) is 5.17. The summed E-state index contributed by atoms with van der Waals surface area (Å²) in [7, 11) is -3.87. The number of nitrogens with zero attached hydrogens (tertiary/aromatic N) is 2. The fourth-order valence-electron chi connectivity index (χ4n) is 2.15. The molecule has 1 aromatic heterocycles. The molecule has 1 heterocycles. The van der Waals surface area contributed by atoms with Crippen molar-refractivity contribution >= 4 is 22.0 Å². The van der Waals surface area contributed by atoms with Gasteiger partial charge in [-0.1, -0.05) is 11.6 Å². The van der Waals surface area contributed by atoms with E-state index in [4.69, 9.17) is 11.6 Å². The van der Waals surface area contributed by atoms with Crippen LogP contribution in [-0.4, -0.2) is 24.2 Å². The molecule has 28 heavy (non-hydrogen) atoms. The van der Waals surface area contributed by atoms with E-state index in [1.807, 2.05) is 0 Å². The zero-order valence-electron chi connectivity index (χ0n) is 14.1. The Morgan fingerprint density at radius 1 is 1.18 bits per heavy atom. The highest BCUT2D eigenvalue weighted by Crippen LogP contribution is 2.31. The molecule has 154 valence electrons. The van der Waals surface area contributed by atoms with Gasteiger partial charge in [-0.25, -0.2) is 17.9 Å². The van der Waals surface area contributed by atoms with Crippen molar-refractivity contribution in [2.24, 2.45) is 7.05 Å². The summed E-state index contributed by atoms with van der Waals surface area (Å²) in [5.74, 6) is -1.99. The van der Waals surface area contributed by atoms with Crippen molar-refractivity contribution in [3.05, 3.63) is 55.6 Å². The fourth-order valence-corrected chi connectivity index (χ4v) is 3.08. The van der Waals surface area contributed by atoms with E-state index in [0.29, 0.717) is 12.1 Å². The van der Waals surface area contributed by atoms with E-state index in [2.05, 4.69) is 8.37 Å². The van der Waals surface area contributed by atoms with Gasteiger partial charge in [0.05, 0.1) is 17.3 Å². The third-order valence-electron chi connectivity index (χ3n) is 3.31. The summed E-state index contributed by atoms with van der Waals surface area (Å²) in [6, 6.07) is 1.19. The normalized spacial score (nSPS) is 12.2. The molecule has 0 atom stereocenters. The molecule has 0 aliphatic rings. The first-order chi connectivity index (χ1) is 12.8. The van der Waals surface area contributed by atoms with Crippen molar-refractivity contribution < 1.29 is 34.3 Å². The van der Waals surface area contributed by atoms with Crippen molar-refractivity contribution in [1.82, 2.24) is 9.13 Å². The van der Waals surface area contributed by atoms with Crippen LogP contribution in [0.1, 0.15) is 12.6 Å². The Morgan fingerprint density at radius 3 is 2.32 bits per heavy atom. The van der Waals surface area contributed by atoms with Crippen LogP contribution in [0, 0.1) is 5.82 Å². The standard InChI is InChI=1S/C14H11ClF4N2O6S/c1-3-26-28(24,25)27-10-5-9(8(16)4-7(10)15)21-12(22)6-11(14(17,18)19)20(2)13(21)23/h4-6H,3H2,1-2H3. The van der Waals surface area contributed by atoms with Gasteiger partial charge in [0.1, 0.15) is 11.5 Å². The summed E-state index contributed by atoms with van der Waals surface area (Å²) in [5.41, 5.74) is -5.45. The largest absolute Gasteiger partial charge is 0.449 e. The lowest BCUT2D eigenvalue weighted by atomic mass is 10.2. The molecule has 0 radical (unpaired) electrons. The fraction of sp³-hybridized carbons (Fsp3) is 0.286. The smallest absolute Gasteiger partial charge is 0.360 e. The summed E-state index contributed by atoms with van der Waals surface area (Å²) in [5, 5.41) is -0.554. The minimum atomic E-state index is -5.01. The summed E-state index contributed by atoms with van der Waals surface area (Å²) >= 11 is 5.69. The highest BCUT2D eigenvalue weighted by molar-refractivity contribution is 7.82. The zero-order chi connectivity index (χ0) is 21.4. The Labute approximate surface area is 159 Å². The average Bonchev–Trinajstić information content (AvgIpc) is 2.53. The van der Waals surface area contributed by atoms with Crippen LogP contribution in [0.3, 0.4) is 0 Å². The van der Waals surface area contributed by atoms with Gasteiger partial charge < -0.3 is 4.18 Å². The monoisotopic (exact) mass is 446 g/mol. The van der Waals surface area contributed by atoms with E-state index in [1.54, 1.807) is 0 Å². The highest BCUT2D eigenvalue weighted by atomic mass is 35.5. The van der Waals surface area contributed by atoms with E-state index in [-0.39, 0.29) is 21.8 Å². The molecular weight excluding hydrogens is 436 g/mol. The minimum absolute atomic E-state index is 0.0705. The van der Waals surface area contributed by atoms with Gasteiger partial charge in [0.25, 0.3) is 5.56 Å². The molecule has 0 spiro atoms. The van der Waals surface area contributed by atoms with E-state index in [0.717, 1.165) is 7.05 Å². The van der Waals surface area contributed by atoms with Gasteiger partial charge >= 0.3 is 22.3 Å². The molecule has 0 aliphatic heterocycles. The van der Waals surface area contributed by atoms with Crippen molar-refractivity contribution in [1.29, 1.82) is 0 Å². The molecule has 2 rings (SSSR count). The maximum absolute atomic E-state index is 14.3. The summed E-state index contributed by atoms with van der Waals surface area (Å²) < 4.78 is 85.1. The molecule has 0 unspecified atom stereocenters. The number of alkyl halides is 3. The molecule has 0 N–H and O–H groups in total. The predicted molar refractivity (Wildman–Crippen MR) is 88.4 cm³/mol. The van der Waals surface area contributed by atoms with E-state index in [9.17, 15) is 35.6 Å². The molecule has 2 aromatic rings. The predicted octanol–water partition coefficient (Wildman–Crippen LogP) is 2.01. The Bertz CT molecular complexity index is 1140. The van der Waals surface area contributed by atoms with Gasteiger partial charge in [-0.05, 0) is 13.0 Å². The van der Waals surface area contributed by atoms with Crippen LogP contribution in [-0.2, 0) is 27.8 Å². The Kier molecular flexibility index (Phi) is 5.92. The van der Waals surface area contributed by atoms with Crippen molar-refractivity contribution in [3.63, 3.8) is 0 Å². The molecule has 1 aromatic carbocycles. The van der Waals surface area contributed by atoms with Crippen LogP contribution in [0.2, 0.25) is 5.02 Å². The number of hydrogen-bond donors (Lipinski definition) is 0. The second kappa shape index (κ2) is 7.56. The van der Waals surface area contributed by atoms with Crippen molar-refractivity contribution in [2.45, 2.75) is 13.1 Å². The summed E-state index contributed by atoms with van der Waals surface area (Å²) in [4.78, 5) is 24.3. The lowest BCUT2D eigenvalue weighted by Gasteiger charge is -2.15. The molecule has 0 saturated heterocycles. The average molecular weight is 447 g/mol. The molecule has 0 bridgehead atoms. The molecule has 0 saturated carbocycles. The first kappa shape index (κ1) is 21.9. The molecule has 8 nitrogen and oxygen atoms in total. The van der Waals surface area contributed by atoms with Crippen LogP contribution in [0.5, 0.6) is 5.75 Å². The third-order valence-corrected chi connectivity index (χ3v) is 4.51. The van der Waals surface area contributed by atoms with Crippen molar-refractivity contribution in [2.75, 3.05) is 6.61 Å². The van der Waals surface area contributed by atoms with E-state index in [1.165, 1.54) is 6.92 Å². The van der Waals surface area contributed by atoms with Gasteiger partial charge in [0.15, 0.2) is 5.75 Å². The van der Waals surface area contributed by atoms with Gasteiger partial charge in [-0.15, -0.1) is 0 Å². The summed E-state index contributed by atoms with van der Waals surface area (Å²) in [6.45, 7) is 1.04. The number of hydrogen-bond acceptors (Lipinski definition) is 6. The number of benzene rings is 1. The molecular formula is C14H11ClF4N2O6S. The number of halogens is 5. The topological polar surface area (TPSA) is 96.6 Å². The SMILES string of the molecule is CCOS(=O)(=O)Oc1cc(-n2c(=O)cc(C(F)(F)F)n(C)c2=O)c(F)cc1Cl. The van der Waals surface area contributed by atoms with Crippen molar-refractivity contribution in [3.8, 4) is 11.4 Å². The molecule has 0 aliphatic carbocycles. The third kappa shape index (κ3) is 4.36. The zero-order valence-corrected chi connectivity index (χ0v) is 15.7. The molecule has 0 amide bonds. The maximum atomic E-state index is 14.3.